The molecule has 0 atom stereocenters. The van der Waals surface area contributed by atoms with Crippen LogP contribution in [0.15, 0.2) is 36.4 Å². The van der Waals surface area contributed by atoms with Gasteiger partial charge in [-0.05, 0) is 35.9 Å². The molecular formula is C17H15ClO5. The molecule has 2 N–H and O–H groups in total. The number of carbonyl (C=O) groups excluding carboxylic acids is 1. The minimum atomic E-state index is -0.396. The molecule has 0 spiro atoms. The highest BCUT2D eigenvalue weighted by molar-refractivity contribution is 6.32. The summed E-state index contributed by atoms with van der Waals surface area (Å²) in [5, 5.41) is 18.9. The Balaban J connectivity index is 2.28. The zero-order chi connectivity index (χ0) is 17.0. The van der Waals surface area contributed by atoms with Crippen molar-refractivity contribution in [2.45, 2.75) is 0 Å². The lowest BCUT2D eigenvalue weighted by atomic mass is 10.1. The monoisotopic (exact) mass is 334 g/mol. The molecule has 5 nitrogen and oxygen atoms in total. The smallest absolute Gasteiger partial charge is 0.189 e. The molecule has 0 saturated heterocycles. The van der Waals surface area contributed by atoms with E-state index in [0.717, 1.165) is 0 Å². The van der Waals surface area contributed by atoms with Gasteiger partial charge in [0.05, 0.1) is 24.8 Å². The first-order valence-electron chi connectivity index (χ1n) is 6.62. The first-order valence-corrected chi connectivity index (χ1v) is 7.00. The molecule has 0 heterocycles. The van der Waals surface area contributed by atoms with Gasteiger partial charge in [0.1, 0.15) is 11.5 Å². The Labute approximate surface area is 138 Å². The van der Waals surface area contributed by atoms with E-state index in [0.29, 0.717) is 22.6 Å². The van der Waals surface area contributed by atoms with E-state index in [1.54, 1.807) is 18.2 Å². The predicted octanol–water partition coefficient (Wildman–Crippen LogP) is 3.66. The Morgan fingerprint density at radius 3 is 2.48 bits per heavy atom. The maximum absolute atomic E-state index is 12.3. The third-order valence-electron chi connectivity index (χ3n) is 3.17. The number of aromatic hydroxyl groups is 2. The molecule has 2 aromatic rings. The van der Waals surface area contributed by atoms with Crippen molar-refractivity contribution in [3.05, 3.63) is 52.6 Å². The second-order valence-corrected chi connectivity index (χ2v) is 5.04. The molecule has 0 aliphatic rings. The molecule has 120 valence electrons. The van der Waals surface area contributed by atoms with Crippen molar-refractivity contribution in [1.29, 1.82) is 0 Å². The van der Waals surface area contributed by atoms with Crippen molar-refractivity contribution in [1.82, 2.24) is 0 Å². The lowest BCUT2D eigenvalue weighted by Gasteiger charge is -2.08. The third kappa shape index (κ3) is 3.76. The Morgan fingerprint density at radius 1 is 1.13 bits per heavy atom. The molecule has 0 fully saturated rings. The van der Waals surface area contributed by atoms with E-state index in [2.05, 4.69) is 0 Å². The van der Waals surface area contributed by atoms with Crippen LogP contribution >= 0.6 is 11.6 Å². The van der Waals surface area contributed by atoms with Crippen molar-refractivity contribution >= 4 is 23.5 Å². The largest absolute Gasteiger partial charge is 0.504 e. The summed E-state index contributed by atoms with van der Waals surface area (Å²) in [6.45, 7) is 0. The number of hydrogen-bond donors (Lipinski definition) is 2. The topological polar surface area (TPSA) is 76.0 Å². The van der Waals surface area contributed by atoms with Gasteiger partial charge in [-0.1, -0.05) is 17.7 Å². The molecule has 0 bridgehead atoms. The van der Waals surface area contributed by atoms with Crippen molar-refractivity contribution in [3.63, 3.8) is 0 Å². The molecule has 0 aromatic heterocycles. The highest BCUT2D eigenvalue weighted by Crippen LogP contribution is 2.34. The average Bonchev–Trinajstić information content (AvgIpc) is 2.56. The Morgan fingerprint density at radius 2 is 1.87 bits per heavy atom. The van der Waals surface area contributed by atoms with Crippen molar-refractivity contribution in [2.24, 2.45) is 0 Å². The maximum atomic E-state index is 12.3. The van der Waals surface area contributed by atoms with Gasteiger partial charge in [0.25, 0.3) is 0 Å². The fourth-order valence-electron chi connectivity index (χ4n) is 1.96. The van der Waals surface area contributed by atoms with E-state index in [1.165, 1.54) is 38.5 Å². The van der Waals surface area contributed by atoms with Gasteiger partial charge in [-0.15, -0.1) is 0 Å². The first-order chi connectivity index (χ1) is 11.0. The molecule has 23 heavy (non-hydrogen) atoms. The summed E-state index contributed by atoms with van der Waals surface area (Å²) in [6, 6.07) is 7.62. The Hall–Kier alpha value is -2.66. The summed E-state index contributed by atoms with van der Waals surface area (Å²) in [5.41, 5.74) is 0.852. The fraction of sp³-hybridized carbons (Fsp3) is 0.118. The van der Waals surface area contributed by atoms with Gasteiger partial charge >= 0.3 is 0 Å². The minimum Gasteiger partial charge on any atom is -0.504 e. The van der Waals surface area contributed by atoms with Crippen LogP contribution in [-0.4, -0.2) is 30.2 Å². The predicted molar refractivity (Wildman–Crippen MR) is 87.7 cm³/mol. The van der Waals surface area contributed by atoms with Crippen LogP contribution in [-0.2, 0) is 0 Å². The van der Waals surface area contributed by atoms with Crippen molar-refractivity contribution in [3.8, 4) is 23.0 Å². The number of phenolic OH excluding ortho intramolecular Hbond substituents is 2. The van der Waals surface area contributed by atoms with Crippen LogP contribution in [0.25, 0.3) is 6.08 Å². The molecule has 0 aliphatic heterocycles. The summed E-state index contributed by atoms with van der Waals surface area (Å²) < 4.78 is 10.3. The van der Waals surface area contributed by atoms with Crippen LogP contribution in [0.2, 0.25) is 5.02 Å². The number of rotatable bonds is 5. The quantitative estimate of drug-likeness (QED) is 0.495. The average molecular weight is 335 g/mol. The number of ether oxygens (including phenoxy) is 2. The summed E-state index contributed by atoms with van der Waals surface area (Å²) in [5.74, 6) is -0.0602. The first kappa shape index (κ1) is 16.7. The zero-order valence-electron chi connectivity index (χ0n) is 12.5. The van der Waals surface area contributed by atoms with Crippen LogP contribution in [0.5, 0.6) is 23.0 Å². The van der Waals surface area contributed by atoms with Gasteiger partial charge in [-0.2, -0.15) is 0 Å². The number of ketones is 1. The van der Waals surface area contributed by atoms with Crippen LogP contribution in [0.3, 0.4) is 0 Å². The van der Waals surface area contributed by atoms with E-state index in [-0.39, 0.29) is 16.6 Å². The lowest BCUT2D eigenvalue weighted by Crippen LogP contribution is -1.99. The van der Waals surface area contributed by atoms with Gasteiger partial charge in [0.2, 0.25) is 0 Å². The van der Waals surface area contributed by atoms with Crippen LogP contribution < -0.4 is 9.47 Å². The molecule has 0 amide bonds. The highest BCUT2D eigenvalue weighted by Gasteiger charge is 2.11. The van der Waals surface area contributed by atoms with Gasteiger partial charge in [0.15, 0.2) is 17.3 Å². The summed E-state index contributed by atoms with van der Waals surface area (Å²) in [7, 11) is 2.99. The van der Waals surface area contributed by atoms with Crippen molar-refractivity contribution in [2.75, 3.05) is 14.2 Å². The van der Waals surface area contributed by atoms with Crippen LogP contribution in [0.1, 0.15) is 15.9 Å². The number of phenols is 2. The molecule has 0 aliphatic carbocycles. The Bertz CT molecular complexity index is 745. The summed E-state index contributed by atoms with van der Waals surface area (Å²) in [6.07, 6.45) is 2.81. The molecule has 0 radical (unpaired) electrons. The highest BCUT2D eigenvalue weighted by atomic mass is 35.5. The standard InChI is InChI=1S/C17H15ClO5/c1-22-11-4-5-12(16(9-11)23-2)14(19)6-3-10-7-13(18)17(21)15(20)8-10/h3-9,20-21H,1-2H3/b6-3+. The number of halogens is 1. The van der Waals surface area contributed by atoms with E-state index in [4.69, 9.17) is 21.1 Å². The number of benzene rings is 2. The number of methoxy groups -OCH3 is 2. The number of carbonyl (C=O) groups is 1. The van der Waals surface area contributed by atoms with E-state index < -0.39 is 5.75 Å². The van der Waals surface area contributed by atoms with Gasteiger partial charge < -0.3 is 19.7 Å². The number of allylic oxidation sites excluding steroid dienone is 1. The van der Waals surface area contributed by atoms with Crippen molar-refractivity contribution < 1.29 is 24.5 Å². The third-order valence-corrected chi connectivity index (χ3v) is 3.46. The van der Waals surface area contributed by atoms with E-state index >= 15 is 0 Å². The van der Waals surface area contributed by atoms with Crippen LogP contribution in [0, 0.1) is 0 Å². The molecule has 0 saturated carbocycles. The summed E-state index contributed by atoms with van der Waals surface area (Å²) >= 11 is 5.77. The van der Waals surface area contributed by atoms with Gasteiger partial charge in [-0.3, -0.25) is 4.79 Å². The van der Waals surface area contributed by atoms with Gasteiger partial charge in [0, 0.05) is 6.07 Å². The second kappa shape index (κ2) is 7.07. The Kier molecular flexibility index (Phi) is 5.13. The van der Waals surface area contributed by atoms with Gasteiger partial charge in [-0.25, -0.2) is 0 Å². The van der Waals surface area contributed by atoms with E-state index in [1.807, 2.05) is 0 Å². The summed E-state index contributed by atoms with van der Waals surface area (Å²) in [4.78, 5) is 12.3. The maximum Gasteiger partial charge on any atom is 0.189 e. The zero-order valence-corrected chi connectivity index (χ0v) is 13.3. The SMILES string of the molecule is COc1ccc(C(=O)/C=C/c2cc(O)c(O)c(Cl)c2)c(OC)c1. The molecule has 2 aromatic carbocycles. The molecule has 6 heteroatoms. The second-order valence-electron chi connectivity index (χ2n) is 4.63. The fourth-order valence-corrected chi connectivity index (χ4v) is 2.19. The van der Waals surface area contributed by atoms with Crippen LogP contribution in [0.4, 0.5) is 0 Å². The molecular weight excluding hydrogens is 320 g/mol. The molecule has 2 rings (SSSR count). The molecule has 0 unspecified atom stereocenters. The normalized spacial score (nSPS) is 10.7. The lowest BCUT2D eigenvalue weighted by molar-refractivity contribution is 0.104. The van der Waals surface area contributed by atoms with E-state index in [9.17, 15) is 15.0 Å². The minimum absolute atomic E-state index is 0.000808. The number of hydrogen-bond acceptors (Lipinski definition) is 5.